The molecular weight excluding hydrogens is 423 g/mol. The van der Waals surface area contributed by atoms with Crippen LogP contribution in [0.4, 0.5) is 13.2 Å². The second-order valence-corrected chi connectivity index (χ2v) is 8.63. The van der Waals surface area contributed by atoms with Crippen LogP contribution in [-0.2, 0) is 43.5 Å². The van der Waals surface area contributed by atoms with Crippen molar-refractivity contribution in [2.45, 2.75) is 24.1 Å². The third-order valence-electron chi connectivity index (χ3n) is 4.54. The summed E-state index contributed by atoms with van der Waals surface area (Å²) >= 11 is 0. The van der Waals surface area contributed by atoms with E-state index in [0.717, 1.165) is 12.1 Å². The Balaban J connectivity index is 1.59. The van der Waals surface area contributed by atoms with Crippen molar-refractivity contribution in [3.8, 4) is 0 Å². The topological polar surface area (TPSA) is 72.9 Å². The highest BCUT2D eigenvalue weighted by atomic mass is 32.2. The molecule has 1 heterocycles. The zero-order chi connectivity index (χ0) is 21.8. The van der Waals surface area contributed by atoms with Crippen molar-refractivity contribution in [2.24, 2.45) is 0 Å². The van der Waals surface area contributed by atoms with E-state index in [4.69, 9.17) is 9.47 Å². The second kappa shape index (κ2) is 9.15. The van der Waals surface area contributed by atoms with Gasteiger partial charge in [0.2, 0.25) is 10.0 Å². The molecule has 0 N–H and O–H groups in total. The van der Waals surface area contributed by atoms with Crippen molar-refractivity contribution in [2.75, 3.05) is 26.3 Å². The number of carbonyl (C=O) groups is 1. The Morgan fingerprint density at radius 3 is 2.33 bits per heavy atom. The molecule has 2 aromatic rings. The van der Waals surface area contributed by atoms with E-state index < -0.39 is 27.7 Å². The highest BCUT2D eigenvalue weighted by Crippen LogP contribution is 2.29. The molecule has 1 aliphatic heterocycles. The lowest BCUT2D eigenvalue weighted by atomic mass is 10.1. The molecule has 0 bridgehead atoms. The van der Waals surface area contributed by atoms with E-state index in [0.29, 0.717) is 24.3 Å². The predicted octanol–water partition coefficient (Wildman–Crippen LogP) is 3.01. The number of alkyl halides is 3. The van der Waals surface area contributed by atoms with E-state index in [9.17, 15) is 26.4 Å². The molecule has 0 radical (unpaired) electrons. The summed E-state index contributed by atoms with van der Waals surface area (Å²) in [5.74, 6) is -0.629. The number of benzene rings is 2. The van der Waals surface area contributed by atoms with Crippen molar-refractivity contribution in [1.29, 1.82) is 0 Å². The molecule has 3 rings (SSSR count). The van der Waals surface area contributed by atoms with E-state index in [1.54, 1.807) is 12.1 Å². The predicted molar refractivity (Wildman–Crippen MR) is 101 cm³/mol. The standard InChI is InChI=1S/C20H20F3NO5S/c21-20(22,23)17-6-4-15(5-7-17)13-19(25)29-14-16-2-1-3-18(12-16)30(26,27)24-8-10-28-11-9-24/h1-7,12H,8-11,13-14H2. The van der Waals surface area contributed by atoms with Crippen molar-refractivity contribution < 1.29 is 35.9 Å². The van der Waals surface area contributed by atoms with Gasteiger partial charge >= 0.3 is 12.1 Å². The minimum absolute atomic E-state index is 0.0979. The minimum atomic E-state index is -4.44. The third-order valence-corrected chi connectivity index (χ3v) is 6.43. The first-order valence-electron chi connectivity index (χ1n) is 9.15. The smallest absolute Gasteiger partial charge is 0.416 e. The molecular formula is C20H20F3NO5S. The average Bonchev–Trinajstić information content (AvgIpc) is 2.73. The van der Waals surface area contributed by atoms with Crippen LogP contribution in [-0.4, -0.2) is 45.0 Å². The summed E-state index contributed by atoms with van der Waals surface area (Å²) in [5.41, 5.74) is 0.0830. The Bertz CT molecular complexity index is 984. The Morgan fingerprint density at radius 2 is 1.70 bits per heavy atom. The summed E-state index contributed by atoms with van der Waals surface area (Å²) in [5, 5.41) is 0. The Morgan fingerprint density at radius 1 is 1.03 bits per heavy atom. The molecule has 2 aromatic carbocycles. The van der Waals surface area contributed by atoms with Gasteiger partial charge in [0.25, 0.3) is 0 Å². The fourth-order valence-corrected chi connectivity index (χ4v) is 4.40. The lowest BCUT2D eigenvalue weighted by molar-refractivity contribution is -0.144. The van der Waals surface area contributed by atoms with Crippen LogP contribution in [0.1, 0.15) is 16.7 Å². The number of morpholine rings is 1. The number of esters is 1. The number of sulfonamides is 1. The van der Waals surface area contributed by atoms with Crippen LogP contribution >= 0.6 is 0 Å². The Hall–Kier alpha value is -2.43. The van der Waals surface area contributed by atoms with Crippen LogP contribution < -0.4 is 0 Å². The van der Waals surface area contributed by atoms with E-state index >= 15 is 0 Å². The quantitative estimate of drug-likeness (QED) is 0.642. The highest BCUT2D eigenvalue weighted by Gasteiger charge is 2.30. The van der Waals surface area contributed by atoms with Crippen LogP contribution in [0.3, 0.4) is 0 Å². The summed E-state index contributed by atoms with van der Waals surface area (Å²) in [7, 11) is -3.67. The highest BCUT2D eigenvalue weighted by molar-refractivity contribution is 7.89. The van der Waals surface area contributed by atoms with Crippen LogP contribution in [0.5, 0.6) is 0 Å². The van der Waals surface area contributed by atoms with Gasteiger partial charge in [0.1, 0.15) is 6.61 Å². The molecule has 1 aliphatic rings. The largest absolute Gasteiger partial charge is 0.461 e. The maximum atomic E-state index is 12.7. The molecule has 1 fully saturated rings. The minimum Gasteiger partial charge on any atom is -0.461 e. The molecule has 30 heavy (non-hydrogen) atoms. The summed E-state index contributed by atoms with van der Waals surface area (Å²) in [6.07, 6.45) is -4.63. The van der Waals surface area contributed by atoms with E-state index in [2.05, 4.69) is 0 Å². The summed E-state index contributed by atoms with van der Waals surface area (Å²) < 4.78 is 74.8. The van der Waals surface area contributed by atoms with E-state index in [1.807, 2.05) is 0 Å². The van der Waals surface area contributed by atoms with Gasteiger partial charge in [-0.15, -0.1) is 0 Å². The molecule has 0 amide bonds. The molecule has 0 unspecified atom stereocenters. The van der Waals surface area contributed by atoms with Gasteiger partial charge in [0.05, 0.1) is 30.1 Å². The van der Waals surface area contributed by atoms with Crippen molar-refractivity contribution in [3.05, 3.63) is 65.2 Å². The van der Waals surface area contributed by atoms with Gasteiger partial charge < -0.3 is 9.47 Å². The summed E-state index contributed by atoms with van der Waals surface area (Å²) in [6.45, 7) is 1.07. The molecule has 6 nitrogen and oxygen atoms in total. The number of hydrogen-bond donors (Lipinski definition) is 0. The normalized spacial score (nSPS) is 15.7. The van der Waals surface area contributed by atoms with Crippen molar-refractivity contribution >= 4 is 16.0 Å². The molecule has 0 saturated carbocycles. The van der Waals surface area contributed by atoms with E-state index in [-0.39, 0.29) is 31.0 Å². The fraction of sp³-hybridized carbons (Fsp3) is 0.350. The zero-order valence-electron chi connectivity index (χ0n) is 15.9. The van der Waals surface area contributed by atoms with Crippen LogP contribution in [0.15, 0.2) is 53.4 Å². The second-order valence-electron chi connectivity index (χ2n) is 6.70. The van der Waals surface area contributed by atoms with Gasteiger partial charge in [-0.3, -0.25) is 4.79 Å². The molecule has 0 atom stereocenters. The third kappa shape index (κ3) is 5.59. The number of carbonyl (C=O) groups excluding carboxylic acids is 1. The number of rotatable bonds is 6. The molecule has 0 aliphatic carbocycles. The number of ether oxygens (including phenoxy) is 2. The first-order valence-corrected chi connectivity index (χ1v) is 10.6. The molecule has 0 aromatic heterocycles. The number of nitrogens with zero attached hydrogens (tertiary/aromatic N) is 1. The SMILES string of the molecule is O=C(Cc1ccc(C(F)(F)F)cc1)OCc1cccc(S(=O)(=O)N2CCOCC2)c1. The first-order chi connectivity index (χ1) is 14.2. The van der Waals surface area contributed by atoms with Gasteiger partial charge in [-0.05, 0) is 35.4 Å². The first kappa shape index (κ1) is 22.3. The molecule has 0 spiro atoms. The fourth-order valence-electron chi connectivity index (χ4n) is 2.92. The average molecular weight is 443 g/mol. The maximum absolute atomic E-state index is 12.7. The van der Waals surface area contributed by atoms with Gasteiger partial charge in [-0.25, -0.2) is 8.42 Å². The van der Waals surface area contributed by atoms with Crippen LogP contribution in [0.2, 0.25) is 0 Å². The number of hydrogen-bond acceptors (Lipinski definition) is 5. The van der Waals surface area contributed by atoms with Gasteiger partial charge in [-0.1, -0.05) is 24.3 Å². The lowest BCUT2D eigenvalue weighted by Gasteiger charge is -2.26. The lowest BCUT2D eigenvalue weighted by Crippen LogP contribution is -2.40. The molecule has 10 heteroatoms. The summed E-state index contributed by atoms with van der Waals surface area (Å²) in [4.78, 5) is 12.1. The maximum Gasteiger partial charge on any atom is 0.416 e. The van der Waals surface area contributed by atoms with Crippen LogP contribution in [0, 0.1) is 0 Å². The number of halogens is 3. The zero-order valence-corrected chi connectivity index (χ0v) is 16.7. The molecule has 1 saturated heterocycles. The van der Waals surface area contributed by atoms with Gasteiger partial charge in [-0.2, -0.15) is 17.5 Å². The monoisotopic (exact) mass is 443 g/mol. The van der Waals surface area contributed by atoms with Gasteiger partial charge in [0.15, 0.2) is 0 Å². The summed E-state index contributed by atoms with van der Waals surface area (Å²) in [6, 6.07) is 10.4. The Labute approximate surface area is 172 Å². The van der Waals surface area contributed by atoms with Crippen molar-refractivity contribution in [3.63, 3.8) is 0 Å². The van der Waals surface area contributed by atoms with Crippen molar-refractivity contribution in [1.82, 2.24) is 4.31 Å². The van der Waals surface area contributed by atoms with Crippen LogP contribution in [0.25, 0.3) is 0 Å². The molecule has 162 valence electrons. The van der Waals surface area contributed by atoms with E-state index in [1.165, 1.54) is 28.6 Å². The Kier molecular flexibility index (Phi) is 6.79. The van der Waals surface area contributed by atoms with Gasteiger partial charge in [0, 0.05) is 13.1 Å².